The van der Waals surface area contributed by atoms with Crippen LogP contribution in [0, 0.1) is 5.82 Å². The molecule has 0 heterocycles. The molecule has 6 heteroatoms. The number of hydroxylamine groups is 1. The molecule has 1 amide bonds. The third kappa shape index (κ3) is 4.31. The van der Waals surface area contributed by atoms with Gasteiger partial charge in [0.1, 0.15) is 0 Å². The van der Waals surface area contributed by atoms with Gasteiger partial charge in [0, 0.05) is 12.5 Å². The van der Waals surface area contributed by atoms with Gasteiger partial charge in [-0.3, -0.25) is 10.0 Å². The summed E-state index contributed by atoms with van der Waals surface area (Å²) in [6, 6.07) is 4.32. The Bertz CT molecular complexity index is 412. The molecule has 4 N–H and O–H groups in total. The van der Waals surface area contributed by atoms with Crippen LogP contribution in [0.25, 0.3) is 0 Å². The molecule has 0 bridgehead atoms. The lowest BCUT2D eigenvalue weighted by atomic mass is 10.0. The number of rotatable bonds is 6. The minimum absolute atomic E-state index is 0.0368. The van der Waals surface area contributed by atoms with Crippen molar-refractivity contribution in [2.24, 2.45) is 5.73 Å². The average molecular weight is 256 g/mol. The number of nitrogens with two attached hydrogens (primary N) is 1. The largest absolute Gasteiger partial charge is 0.494 e. The second kappa shape index (κ2) is 6.93. The van der Waals surface area contributed by atoms with Crippen LogP contribution in [0.15, 0.2) is 18.2 Å². The maximum atomic E-state index is 13.4. The number of hydrogen-bond donors (Lipinski definition) is 3. The number of carbonyl (C=O) groups is 1. The SMILES string of the molecule is COc1ccc(CC[C@H](N)CC(=O)NO)cc1F. The fraction of sp³-hybridized carbons (Fsp3) is 0.417. The molecule has 0 unspecified atom stereocenters. The first-order chi connectivity index (χ1) is 8.56. The van der Waals surface area contributed by atoms with Crippen molar-refractivity contribution in [3.8, 4) is 5.75 Å². The Balaban J connectivity index is 2.48. The smallest absolute Gasteiger partial charge is 0.244 e. The van der Waals surface area contributed by atoms with Crippen molar-refractivity contribution in [2.45, 2.75) is 25.3 Å². The zero-order valence-corrected chi connectivity index (χ0v) is 10.1. The molecule has 0 spiro atoms. The minimum Gasteiger partial charge on any atom is -0.494 e. The molecule has 18 heavy (non-hydrogen) atoms. The van der Waals surface area contributed by atoms with E-state index in [1.165, 1.54) is 18.7 Å². The van der Waals surface area contributed by atoms with Gasteiger partial charge in [0.25, 0.3) is 0 Å². The van der Waals surface area contributed by atoms with E-state index in [1.807, 2.05) is 0 Å². The summed E-state index contributed by atoms with van der Waals surface area (Å²) in [5, 5.41) is 8.34. The highest BCUT2D eigenvalue weighted by atomic mass is 19.1. The highest BCUT2D eigenvalue weighted by Gasteiger charge is 2.10. The number of halogens is 1. The maximum absolute atomic E-state index is 13.4. The second-order valence-electron chi connectivity index (χ2n) is 4.01. The van der Waals surface area contributed by atoms with Gasteiger partial charge in [-0.15, -0.1) is 0 Å². The number of amides is 1. The van der Waals surface area contributed by atoms with Crippen molar-refractivity contribution in [1.29, 1.82) is 0 Å². The highest BCUT2D eigenvalue weighted by Crippen LogP contribution is 2.18. The summed E-state index contributed by atoms with van der Waals surface area (Å²) in [5.74, 6) is -0.747. The molecular weight excluding hydrogens is 239 g/mol. The fourth-order valence-electron chi connectivity index (χ4n) is 1.60. The Hall–Kier alpha value is -1.66. The van der Waals surface area contributed by atoms with Crippen LogP contribution >= 0.6 is 0 Å². The Kier molecular flexibility index (Phi) is 5.54. The molecular formula is C12H17FN2O3. The average Bonchev–Trinajstić information content (AvgIpc) is 2.36. The molecule has 0 saturated carbocycles. The van der Waals surface area contributed by atoms with E-state index in [1.54, 1.807) is 12.1 Å². The van der Waals surface area contributed by atoms with E-state index in [0.29, 0.717) is 12.8 Å². The predicted molar refractivity (Wildman–Crippen MR) is 63.8 cm³/mol. The van der Waals surface area contributed by atoms with Gasteiger partial charge in [-0.2, -0.15) is 0 Å². The van der Waals surface area contributed by atoms with Gasteiger partial charge in [0.2, 0.25) is 5.91 Å². The van der Waals surface area contributed by atoms with E-state index in [4.69, 9.17) is 15.7 Å². The lowest BCUT2D eigenvalue weighted by molar-refractivity contribution is -0.129. The third-order valence-electron chi connectivity index (χ3n) is 2.59. The van der Waals surface area contributed by atoms with Gasteiger partial charge in [0.05, 0.1) is 7.11 Å². The van der Waals surface area contributed by atoms with E-state index in [-0.39, 0.29) is 18.2 Å². The lowest BCUT2D eigenvalue weighted by Gasteiger charge is -2.10. The van der Waals surface area contributed by atoms with Gasteiger partial charge < -0.3 is 10.5 Å². The van der Waals surface area contributed by atoms with E-state index < -0.39 is 11.7 Å². The molecule has 0 aliphatic carbocycles. The number of ether oxygens (including phenoxy) is 1. The Morgan fingerprint density at radius 2 is 2.33 bits per heavy atom. The van der Waals surface area contributed by atoms with Crippen LogP contribution in [0.5, 0.6) is 5.75 Å². The normalized spacial score (nSPS) is 12.0. The van der Waals surface area contributed by atoms with Crippen LogP contribution in [-0.2, 0) is 11.2 Å². The minimum atomic E-state index is -0.525. The summed E-state index contributed by atoms with van der Waals surface area (Å²) in [6.07, 6.45) is 1.12. The lowest BCUT2D eigenvalue weighted by Crippen LogP contribution is -2.30. The molecule has 0 aliphatic heterocycles. The topological polar surface area (TPSA) is 84.6 Å². The molecule has 1 rings (SSSR count). The van der Waals surface area contributed by atoms with Gasteiger partial charge in [-0.05, 0) is 30.5 Å². The zero-order valence-electron chi connectivity index (χ0n) is 10.1. The van der Waals surface area contributed by atoms with Crippen molar-refractivity contribution < 1.29 is 19.1 Å². The first kappa shape index (κ1) is 14.4. The molecule has 1 atom stereocenters. The zero-order chi connectivity index (χ0) is 13.5. The van der Waals surface area contributed by atoms with Gasteiger partial charge >= 0.3 is 0 Å². The monoisotopic (exact) mass is 256 g/mol. The van der Waals surface area contributed by atoms with Crippen LogP contribution < -0.4 is 16.0 Å². The molecule has 100 valence electrons. The molecule has 0 saturated heterocycles. The number of nitrogens with one attached hydrogen (secondary N) is 1. The molecule has 0 aromatic heterocycles. The summed E-state index contributed by atoms with van der Waals surface area (Å²) in [4.78, 5) is 10.9. The third-order valence-corrected chi connectivity index (χ3v) is 2.59. The molecule has 1 aromatic carbocycles. The van der Waals surface area contributed by atoms with Crippen molar-refractivity contribution >= 4 is 5.91 Å². The molecule has 5 nitrogen and oxygen atoms in total. The van der Waals surface area contributed by atoms with Crippen LogP contribution in [0.3, 0.4) is 0 Å². The van der Waals surface area contributed by atoms with Crippen LogP contribution in [0.1, 0.15) is 18.4 Å². The van der Waals surface area contributed by atoms with Crippen LogP contribution in [-0.4, -0.2) is 24.3 Å². The van der Waals surface area contributed by atoms with E-state index >= 15 is 0 Å². The van der Waals surface area contributed by atoms with Gasteiger partial charge in [-0.1, -0.05) is 6.07 Å². The first-order valence-electron chi connectivity index (χ1n) is 5.57. The number of benzene rings is 1. The molecule has 1 aromatic rings. The molecule has 0 radical (unpaired) electrons. The van der Waals surface area contributed by atoms with Crippen molar-refractivity contribution in [1.82, 2.24) is 5.48 Å². The van der Waals surface area contributed by atoms with Crippen LogP contribution in [0.2, 0.25) is 0 Å². The molecule has 0 aliphatic rings. The maximum Gasteiger partial charge on any atom is 0.244 e. The summed E-state index contributed by atoms with van der Waals surface area (Å²) in [6.45, 7) is 0. The summed E-state index contributed by atoms with van der Waals surface area (Å²) in [7, 11) is 1.40. The second-order valence-corrected chi connectivity index (χ2v) is 4.01. The predicted octanol–water partition coefficient (Wildman–Crippen LogP) is 0.990. The summed E-state index contributed by atoms with van der Waals surface area (Å²) >= 11 is 0. The van der Waals surface area contributed by atoms with E-state index in [2.05, 4.69) is 0 Å². The van der Waals surface area contributed by atoms with E-state index in [0.717, 1.165) is 5.56 Å². The number of hydrogen-bond acceptors (Lipinski definition) is 4. The Morgan fingerprint density at radius 3 is 2.89 bits per heavy atom. The van der Waals surface area contributed by atoms with Crippen LogP contribution in [0.4, 0.5) is 4.39 Å². The molecule has 0 fully saturated rings. The van der Waals surface area contributed by atoms with Gasteiger partial charge in [0.15, 0.2) is 11.6 Å². The Morgan fingerprint density at radius 1 is 1.61 bits per heavy atom. The summed E-state index contributed by atoms with van der Waals surface area (Å²) < 4.78 is 18.2. The quantitative estimate of drug-likeness (QED) is 0.523. The number of methoxy groups -OCH3 is 1. The fourth-order valence-corrected chi connectivity index (χ4v) is 1.60. The summed E-state index contributed by atoms with van der Waals surface area (Å²) in [5.41, 5.74) is 8.01. The van der Waals surface area contributed by atoms with Crippen molar-refractivity contribution in [3.63, 3.8) is 0 Å². The highest BCUT2D eigenvalue weighted by molar-refractivity contribution is 5.75. The van der Waals surface area contributed by atoms with Crippen molar-refractivity contribution in [3.05, 3.63) is 29.6 Å². The van der Waals surface area contributed by atoms with E-state index in [9.17, 15) is 9.18 Å². The van der Waals surface area contributed by atoms with Gasteiger partial charge in [-0.25, -0.2) is 9.87 Å². The standard InChI is InChI=1S/C12H17FN2O3/c1-18-11-5-3-8(6-10(11)13)2-4-9(14)7-12(16)15-17/h3,5-6,9,17H,2,4,7,14H2,1H3,(H,15,16)/t9-/m0/s1. The van der Waals surface area contributed by atoms with Crippen molar-refractivity contribution in [2.75, 3.05) is 7.11 Å². The number of aryl methyl sites for hydroxylation is 1. The Labute approximate surface area is 105 Å². The first-order valence-corrected chi connectivity index (χ1v) is 5.57. The number of carbonyl (C=O) groups excluding carboxylic acids is 1.